The van der Waals surface area contributed by atoms with Gasteiger partial charge in [0.2, 0.25) is 0 Å². The van der Waals surface area contributed by atoms with Crippen LogP contribution >= 0.6 is 0 Å². The minimum absolute atomic E-state index is 0.274. The van der Waals surface area contributed by atoms with E-state index < -0.39 is 23.4 Å². The van der Waals surface area contributed by atoms with Crippen LogP contribution in [0.4, 0.5) is 5.69 Å². The van der Waals surface area contributed by atoms with Crippen LogP contribution in [0.2, 0.25) is 0 Å². The van der Waals surface area contributed by atoms with Gasteiger partial charge in [-0.3, -0.25) is 9.78 Å². The summed E-state index contributed by atoms with van der Waals surface area (Å²) >= 11 is 0. The van der Waals surface area contributed by atoms with Crippen LogP contribution in [0.1, 0.15) is 32.9 Å². The van der Waals surface area contributed by atoms with Gasteiger partial charge in [-0.25, -0.2) is 4.79 Å². The largest absolute Gasteiger partial charge is 0.468 e. The van der Waals surface area contributed by atoms with Crippen molar-refractivity contribution in [1.82, 2.24) is 10.5 Å². The smallest absolute Gasteiger partial charge is 0.330 e. The number of nitrogens with two attached hydrogens (primary N) is 1. The molecule has 1 aromatic heterocycles. The number of anilines is 1. The molecule has 1 heterocycles. The summed E-state index contributed by atoms with van der Waals surface area (Å²) in [7, 11) is 1.27. The number of aromatic nitrogens is 1. The number of ether oxygens (including phenoxy) is 1. The van der Waals surface area contributed by atoms with Crippen LogP contribution in [0.15, 0.2) is 24.4 Å². The Hall–Kier alpha value is -2.41. The standard InChI is InChI=1S/C16H23N3O4/c1-16(2,3)15(21)23-19-13(14(20)22-4)7-5-6-12-9-8-11(17)10-18-12/h5-6,8-10,13,19H,7,17H2,1-4H3/b6-5-/t13-/m0/s1. The number of carbonyl (C=O) groups is 2. The van der Waals surface area contributed by atoms with Crippen LogP contribution in [0.5, 0.6) is 0 Å². The highest BCUT2D eigenvalue weighted by Crippen LogP contribution is 2.14. The number of carbonyl (C=O) groups excluding carboxylic acids is 2. The van der Waals surface area contributed by atoms with E-state index in [1.165, 1.54) is 7.11 Å². The number of esters is 1. The molecule has 0 aliphatic rings. The zero-order chi connectivity index (χ0) is 17.5. The molecule has 0 amide bonds. The number of methoxy groups -OCH3 is 1. The maximum atomic E-state index is 11.7. The van der Waals surface area contributed by atoms with Crippen molar-refractivity contribution in [2.75, 3.05) is 12.8 Å². The van der Waals surface area contributed by atoms with Crippen LogP contribution in [-0.2, 0) is 19.2 Å². The molecule has 0 saturated carbocycles. The third kappa shape index (κ3) is 6.48. The van der Waals surface area contributed by atoms with E-state index >= 15 is 0 Å². The van der Waals surface area contributed by atoms with E-state index in [4.69, 9.17) is 10.6 Å². The van der Waals surface area contributed by atoms with Gasteiger partial charge >= 0.3 is 11.9 Å². The number of pyridine rings is 1. The van der Waals surface area contributed by atoms with Gasteiger partial charge in [0.05, 0.1) is 30.1 Å². The molecular formula is C16H23N3O4. The molecule has 0 bridgehead atoms. The molecule has 0 spiro atoms. The molecular weight excluding hydrogens is 298 g/mol. The SMILES string of the molecule is COC(=O)[C@H](C/C=C\c1ccc(N)cn1)NOC(=O)C(C)(C)C. The Kier molecular flexibility index (Phi) is 6.71. The first-order valence-corrected chi connectivity index (χ1v) is 7.16. The Bertz CT molecular complexity index is 562. The first-order chi connectivity index (χ1) is 10.7. The number of rotatable bonds is 6. The zero-order valence-corrected chi connectivity index (χ0v) is 13.8. The summed E-state index contributed by atoms with van der Waals surface area (Å²) in [5.74, 6) is -0.989. The van der Waals surface area contributed by atoms with Crippen molar-refractivity contribution >= 4 is 23.7 Å². The fourth-order valence-electron chi connectivity index (χ4n) is 1.45. The second kappa shape index (κ2) is 8.28. The molecule has 1 aromatic rings. The first kappa shape index (κ1) is 18.6. The highest BCUT2D eigenvalue weighted by Gasteiger charge is 2.26. The Morgan fingerprint density at radius 2 is 2.09 bits per heavy atom. The topological polar surface area (TPSA) is 104 Å². The van der Waals surface area contributed by atoms with E-state index in [0.29, 0.717) is 11.4 Å². The van der Waals surface area contributed by atoms with Crippen LogP contribution in [-0.4, -0.2) is 30.1 Å². The minimum atomic E-state index is -0.795. The van der Waals surface area contributed by atoms with Gasteiger partial charge in [0.25, 0.3) is 0 Å². The van der Waals surface area contributed by atoms with Crippen molar-refractivity contribution in [2.45, 2.75) is 33.2 Å². The van der Waals surface area contributed by atoms with E-state index in [-0.39, 0.29) is 6.42 Å². The molecule has 23 heavy (non-hydrogen) atoms. The lowest BCUT2D eigenvalue weighted by molar-refractivity contribution is -0.166. The normalized spacial score (nSPS) is 12.9. The van der Waals surface area contributed by atoms with Crippen molar-refractivity contribution in [3.8, 4) is 0 Å². The third-order valence-electron chi connectivity index (χ3n) is 2.86. The summed E-state index contributed by atoms with van der Waals surface area (Å²) in [5.41, 5.74) is 8.62. The van der Waals surface area contributed by atoms with E-state index in [9.17, 15) is 9.59 Å². The highest BCUT2D eigenvalue weighted by molar-refractivity contribution is 5.77. The van der Waals surface area contributed by atoms with Gasteiger partial charge < -0.3 is 15.3 Å². The van der Waals surface area contributed by atoms with Crippen molar-refractivity contribution < 1.29 is 19.2 Å². The van der Waals surface area contributed by atoms with E-state index in [2.05, 4.69) is 15.2 Å². The molecule has 0 aromatic carbocycles. The number of hydrogen-bond acceptors (Lipinski definition) is 7. The number of nitrogens with zero attached hydrogens (tertiary/aromatic N) is 1. The second-order valence-corrected chi connectivity index (χ2v) is 5.99. The Balaban J connectivity index is 2.63. The van der Waals surface area contributed by atoms with Gasteiger partial charge in [0, 0.05) is 0 Å². The molecule has 7 heteroatoms. The second-order valence-electron chi connectivity index (χ2n) is 5.99. The number of hydroxylamine groups is 1. The van der Waals surface area contributed by atoms with Gasteiger partial charge in [-0.05, 0) is 45.4 Å². The van der Waals surface area contributed by atoms with Gasteiger partial charge in [-0.2, -0.15) is 0 Å². The minimum Gasteiger partial charge on any atom is -0.468 e. The summed E-state index contributed by atoms with van der Waals surface area (Å²) < 4.78 is 4.69. The van der Waals surface area contributed by atoms with Gasteiger partial charge in [-0.1, -0.05) is 6.08 Å². The average Bonchev–Trinajstić information content (AvgIpc) is 2.50. The van der Waals surface area contributed by atoms with E-state index in [1.807, 2.05) is 0 Å². The number of hydrogen-bond donors (Lipinski definition) is 2. The number of nitrogen functional groups attached to an aromatic ring is 1. The summed E-state index contributed by atoms with van der Waals surface area (Å²) in [6, 6.07) is 2.69. The molecule has 1 rings (SSSR count). The van der Waals surface area contributed by atoms with Gasteiger partial charge in [0.15, 0.2) is 0 Å². The molecule has 0 aliphatic heterocycles. The maximum Gasteiger partial charge on any atom is 0.330 e. The van der Waals surface area contributed by atoms with Gasteiger partial charge in [0.1, 0.15) is 6.04 Å². The molecule has 0 aliphatic carbocycles. The predicted molar refractivity (Wildman–Crippen MR) is 86.8 cm³/mol. The van der Waals surface area contributed by atoms with Crippen molar-refractivity contribution in [1.29, 1.82) is 0 Å². The summed E-state index contributed by atoms with van der Waals surface area (Å²) in [6.07, 6.45) is 5.29. The monoisotopic (exact) mass is 321 g/mol. The van der Waals surface area contributed by atoms with E-state index in [0.717, 1.165) is 0 Å². The highest BCUT2D eigenvalue weighted by atomic mass is 16.7. The predicted octanol–water partition coefficient (Wildman–Crippen LogP) is 1.70. The summed E-state index contributed by atoms with van der Waals surface area (Å²) in [6.45, 7) is 5.16. The Morgan fingerprint density at radius 3 is 2.61 bits per heavy atom. The van der Waals surface area contributed by atoms with E-state index in [1.54, 1.807) is 51.3 Å². The van der Waals surface area contributed by atoms with Crippen molar-refractivity contribution in [3.63, 3.8) is 0 Å². The van der Waals surface area contributed by atoms with Crippen molar-refractivity contribution in [3.05, 3.63) is 30.1 Å². The molecule has 0 unspecified atom stereocenters. The fraction of sp³-hybridized carbons (Fsp3) is 0.438. The van der Waals surface area contributed by atoms with Crippen LogP contribution < -0.4 is 11.2 Å². The van der Waals surface area contributed by atoms with Crippen LogP contribution in [0, 0.1) is 5.41 Å². The molecule has 126 valence electrons. The third-order valence-corrected chi connectivity index (χ3v) is 2.86. The van der Waals surface area contributed by atoms with Crippen LogP contribution in [0.25, 0.3) is 6.08 Å². The fourth-order valence-corrected chi connectivity index (χ4v) is 1.45. The quantitative estimate of drug-likeness (QED) is 0.607. The molecule has 0 saturated heterocycles. The van der Waals surface area contributed by atoms with Crippen LogP contribution in [0.3, 0.4) is 0 Å². The summed E-state index contributed by atoms with van der Waals surface area (Å²) in [5, 5.41) is 0. The Morgan fingerprint density at radius 1 is 1.39 bits per heavy atom. The lowest BCUT2D eigenvalue weighted by atomic mass is 9.98. The molecule has 7 nitrogen and oxygen atoms in total. The average molecular weight is 321 g/mol. The molecule has 0 fully saturated rings. The lowest BCUT2D eigenvalue weighted by Crippen LogP contribution is -2.41. The first-order valence-electron chi connectivity index (χ1n) is 7.16. The van der Waals surface area contributed by atoms with Crippen molar-refractivity contribution in [2.24, 2.45) is 5.41 Å². The lowest BCUT2D eigenvalue weighted by Gasteiger charge is -2.19. The summed E-state index contributed by atoms with van der Waals surface area (Å²) in [4.78, 5) is 32.5. The van der Waals surface area contributed by atoms with Gasteiger partial charge in [-0.15, -0.1) is 5.48 Å². The maximum absolute atomic E-state index is 11.7. The number of nitrogens with one attached hydrogen (secondary N) is 1. The molecule has 1 atom stereocenters. The molecule has 0 radical (unpaired) electrons. The zero-order valence-electron chi connectivity index (χ0n) is 13.8. The molecule has 3 N–H and O–H groups in total. The Labute approximate surface area is 135 Å².